The van der Waals surface area contributed by atoms with Gasteiger partial charge in [0.05, 0.1) is 0 Å². The van der Waals surface area contributed by atoms with Gasteiger partial charge in [0.1, 0.15) is 0 Å². The topological polar surface area (TPSA) is 70.9 Å². The molecule has 2 rings (SSSR count). The molecule has 6 heteroatoms. The van der Waals surface area contributed by atoms with Gasteiger partial charge >= 0.3 is 0 Å². The first-order chi connectivity index (χ1) is 6.75. The Morgan fingerprint density at radius 3 is 3.00 bits per heavy atom. The van der Waals surface area contributed by atoms with Gasteiger partial charge in [-0.15, -0.1) is 0 Å². The van der Waals surface area contributed by atoms with E-state index in [1.807, 2.05) is 0 Å². The normalized spacial score (nSPS) is 10.1. The molecule has 2 aromatic rings. The largest absolute Gasteiger partial charge is 0.440 e. The molecular formula is C8H6ClN3O2. The van der Waals surface area contributed by atoms with E-state index < -0.39 is 5.91 Å². The predicted octanol–water partition coefficient (Wildman–Crippen LogP) is 1.91. The van der Waals surface area contributed by atoms with E-state index in [2.05, 4.69) is 15.3 Å². The summed E-state index contributed by atoms with van der Waals surface area (Å²) in [6.07, 6.45) is 3.13. The summed E-state index contributed by atoms with van der Waals surface area (Å²) in [5, 5.41) is 2.67. The summed E-state index contributed by atoms with van der Waals surface area (Å²) >= 11 is 5.52. The maximum absolute atomic E-state index is 11.4. The Bertz CT molecular complexity index is 435. The average molecular weight is 212 g/mol. The molecule has 0 atom stereocenters. The Kier molecular flexibility index (Phi) is 2.24. The lowest BCUT2D eigenvalue weighted by Crippen LogP contribution is -2.11. The van der Waals surface area contributed by atoms with Crippen molar-refractivity contribution in [2.24, 2.45) is 0 Å². The molecule has 0 saturated heterocycles. The Labute approximate surface area is 84.1 Å². The van der Waals surface area contributed by atoms with Crippen molar-refractivity contribution < 1.29 is 9.21 Å². The Hall–Kier alpha value is -1.75. The number of H-pyrrole nitrogens is 1. The first-order valence-corrected chi connectivity index (χ1v) is 4.19. The van der Waals surface area contributed by atoms with E-state index in [1.54, 1.807) is 6.20 Å². The fourth-order valence-corrected chi connectivity index (χ4v) is 1.09. The molecule has 0 aliphatic heterocycles. The number of carbonyl (C=O) groups is 1. The second-order valence-electron chi connectivity index (χ2n) is 2.50. The zero-order valence-electron chi connectivity index (χ0n) is 6.95. The lowest BCUT2D eigenvalue weighted by Gasteiger charge is -1.96. The van der Waals surface area contributed by atoms with Crippen LogP contribution in [0.4, 0.5) is 5.95 Å². The van der Waals surface area contributed by atoms with E-state index in [4.69, 9.17) is 16.0 Å². The fraction of sp³-hybridized carbons (Fsp3) is 0. The van der Waals surface area contributed by atoms with Crippen LogP contribution in [0, 0.1) is 0 Å². The van der Waals surface area contributed by atoms with Crippen LogP contribution in [-0.2, 0) is 0 Å². The molecule has 2 heterocycles. The van der Waals surface area contributed by atoms with Crippen molar-refractivity contribution in [3.05, 3.63) is 35.5 Å². The monoisotopic (exact) mass is 211 g/mol. The number of aromatic nitrogens is 2. The zero-order chi connectivity index (χ0) is 9.97. The summed E-state index contributed by atoms with van der Waals surface area (Å²) in [7, 11) is 0. The maximum atomic E-state index is 11.4. The third-order valence-corrected chi connectivity index (χ3v) is 1.73. The van der Waals surface area contributed by atoms with Crippen molar-refractivity contribution in [3.8, 4) is 0 Å². The number of amides is 1. The van der Waals surface area contributed by atoms with Gasteiger partial charge in [-0.25, -0.2) is 4.98 Å². The smallest absolute Gasteiger partial charge is 0.293 e. The minimum absolute atomic E-state index is 0.145. The second kappa shape index (κ2) is 3.55. The number of furan rings is 1. The molecule has 0 aliphatic carbocycles. The number of hydrogen-bond donors (Lipinski definition) is 2. The van der Waals surface area contributed by atoms with Crippen molar-refractivity contribution in [1.29, 1.82) is 0 Å². The predicted molar refractivity (Wildman–Crippen MR) is 50.3 cm³/mol. The zero-order valence-corrected chi connectivity index (χ0v) is 7.71. The number of nitrogens with zero attached hydrogens (tertiary/aromatic N) is 1. The summed E-state index contributed by atoms with van der Waals surface area (Å²) in [5.74, 6) is 0.112. The molecule has 0 fully saturated rings. The van der Waals surface area contributed by atoms with Gasteiger partial charge < -0.3 is 9.40 Å². The lowest BCUT2D eigenvalue weighted by atomic mass is 10.4. The molecule has 1 amide bonds. The lowest BCUT2D eigenvalue weighted by molar-refractivity contribution is 0.0996. The van der Waals surface area contributed by atoms with Crippen molar-refractivity contribution in [1.82, 2.24) is 9.97 Å². The molecule has 2 N–H and O–H groups in total. The Morgan fingerprint density at radius 2 is 2.43 bits per heavy atom. The molecule has 0 unspecified atom stereocenters. The minimum atomic E-state index is -0.396. The number of carbonyl (C=O) groups excluding carboxylic acids is 1. The number of rotatable bonds is 2. The molecule has 0 bridgehead atoms. The van der Waals surface area contributed by atoms with Gasteiger partial charge in [-0.1, -0.05) is 0 Å². The molecule has 0 saturated carbocycles. The average Bonchev–Trinajstić information content (AvgIpc) is 2.75. The summed E-state index contributed by atoms with van der Waals surface area (Å²) in [5.41, 5.74) is 0. The highest BCUT2D eigenvalue weighted by Crippen LogP contribution is 2.13. The highest BCUT2D eigenvalue weighted by molar-refractivity contribution is 6.29. The van der Waals surface area contributed by atoms with E-state index in [9.17, 15) is 4.79 Å². The third kappa shape index (κ3) is 1.77. The van der Waals surface area contributed by atoms with Crippen LogP contribution >= 0.6 is 11.6 Å². The number of halogens is 1. The number of nitrogens with one attached hydrogen (secondary N) is 2. The molecular weight excluding hydrogens is 206 g/mol. The summed E-state index contributed by atoms with van der Waals surface area (Å²) < 4.78 is 4.91. The van der Waals surface area contributed by atoms with Gasteiger partial charge in [0.15, 0.2) is 11.0 Å². The van der Waals surface area contributed by atoms with Gasteiger partial charge in [0.25, 0.3) is 5.91 Å². The quantitative estimate of drug-likeness (QED) is 0.797. The molecule has 0 radical (unpaired) electrons. The van der Waals surface area contributed by atoms with Crippen LogP contribution in [0.5, 0.6) is 0 Å². The van der Waals surface area contributed by atoms with Gasteiger partial charge in [0.2, 0.25) is 5.95 Å². The highest BCUT2D eigenvalue weighted by Gasteiger charge is 2.11. The number of hydrogen-bond acceptors (Lipinski definition) is 3. The summed E-state index contributed by atoms with van der Waals surface area (Å²) in [4.78, 5) is 18.0. The van der Waals surface area contributed by atoms with Gasteiger partial charge in [-0.05, 0) is 23.7 Å². The highest BCUT2D eigenvalue weighted by atomic mass is 35.5. The van der Waals surface area contributed by atoms with Crippen LogP contribution in [0.1, 0.15) is 10.6 Å². The Morgan fingerprint density at radius 1 is 1.57 bits per heavy atom. The summed E-state index contributed by atoms with van der Waals surface area (Å²) in [6.45, 7) is 0. The van der Waals surface area contributed by atoms with Crippen molar-refractivity contribution in [3.63, 3.8) is 0 Å². The number of anilines is 1. The minimum Gasteiger partial charge on any atom is -0.440 e. The molecule has 72 valence electrons. The molecule has 5 nitrogen and oxygen atoms in total. The number of aromatic amines is 1. The first-order valence-electron chi connectivity index (χ1n) is 3.82. The van der Waals surface area contributed by atoms with Crippen LogP contribution < -0.4 is 5.32 Å². The standard InChI is InChI=1S/C8H6ClN3O2/c9-6-2-1-5(14-6)7(13)12-8-10-3-4-11-8/h1-4H,(H2,10,11,12,13). The third-order valence-electron chi connectivity index (χ3n) is 1.53. The number of imidazole rings is 1. The van der Waals surface area contributed by atoms with Crippen molar-refractivity contribution >= 4 is 23.5 Å². The molecule has 14 heavy (non-hydrogen) atoms. The Balaban J connectivity index is 2.10. The van der Waals surface area contributed by atoms with Gasteiger partial charge in [-0.3, -0.25) is 10.1 Å². The SMILES string of the molecule is O=C(Nc1ncc[nH]1)c1ccc(Cl)o1. The van der Waals surface area contributed by atoms with Crippen LogP contribution in [0.3, 0.4) is 0 Å². The van der Waals surface area contributed by atoms with Crippen LogP contribution in [0.2, 0.25) is 5.22 Å². The fourth-order valence-electron chi connectivity index (χ4n) is 0.939. The van der Waals surface area contributed by atoms with E-state index in [0.717, 1.165) is 0 Å². The van der Waals surface area contributed by atoms with Gasteiger partial charge in [-0.2, -0.15) is 0 Å². The van der Waals surface area contributed by atoms with Crippen LogP contribution in [-0.4, -0.2) is 15.9 Å². The first kappa shape index (κ1) is 8.83. The van der Waals surface area contributed by atoms with Crippen molar-refractivity contribution in [2.45, 2.75) is 0 Å². The van der Waals surface area contributed by atoms with Crippen molar-refractivity contribution in [2.75, 3.05) is 5.32 Å². The van der Waals surface area contributed by atoms with Gasteiger partial charge in [0, 0.05) is 12.4 Å². The van der Waals surface area contributed by atoms with E-state index >= 15 is 0 Å². The van der Waals surface area contributed by atoms with Crippen LogP contribution in [0.25, 0.3) is 0 Å². The molecule has 2 aromatic heterocycles. The van der Waals surface area contributed by atoms with E-state index in [0.29, 0.717) is 5.95 Å². The maximum Gasteiger partial charge on any atom is 0.293 e. The van der Waals surface area contributed by atoms with E-state index in [1.165, 1.54) is 18.3 Å². The molecule has 0 aliphatic rings. The van der Waals surface area contributed by atoms with E-state index in [-0.39, 0.29) is 11.0 Å². The molecule has 0 aromatic carbocycles. The second-order valence-corrected chi connectivity index (χ2v) is 2.87. The molecule has 0 spiro atoms. The van der Waals surface area contributed by atoms with Crippen LogP contribution in [0.15, 0.2) is 28.9 Å². The summed E-state index contributed by atoms with van der Waals surface area (Å²) in [6, 6.07) is 2.99.